The Bertz CT molecular complexity index is 339. The highest BCUT2D eigenvalue weighted by Crippen LogP contribution is 2.54. The number of allylic oxidation sites excluding steroid dienone is 1. The number of hydrogen-bond acceptors (Lipinski definition) is 1. The Morgan fingerprint density at radius 2 is 1.94 bits per heavy atom. The Kier molecular flexibility index (Phi) is 2.27. The molecule has 3 rings (SSSR count). The van der Waals surface area contributed by atoms with E-state index in [1.807, 2.05) is 0 Å². The van der Waals surface area contributed by atoms with Crippen LogP contribution in [0.5, 0.6) is 0 Å². The van der Waals surface area contributed by atoms with E-state index in [9.17, 15) is 0 Å². The lowest BCUT2D eigenvalue weighted by Crippen LogP contribution is -2.39. The summed E-state index contributed by atoms with van der Waals surface area (Å²) in [7, 11) is 0. The molecule has 1 saturated heterocycles. The molecule has 2 unspecified atom stereocenters. The molecule has 0 aromatic carbocycles. The minimum atomic E-state index is 0.124. The first kappa shape index (κ1) is 10.8. The predicted molar refractivity (Wildman–Crippen MR) is 66.4 cm³/mol. The van der Waals surface area contributed by atoms with E-state index in [-0.39, 0.29) is 5.60 Å². The van der Waals surface area contributed by atoms with Gasteiger partial charge in [-0.1, -0.05) is 19.4 Å². The maximum atomic E-state index is 6.00. The lowest BCUT2D eigenvalue weighted by atomic mass is 9.59. The lowest BCUT2D eigenvalue weighted by Gasteiger charge is -2.47. The summed E-state index contributed by atoms with van der Waals surface area (Å²) in [6.45, 7) is 8.22. The van der Waals surface area contributed by atoms with E-state index in [2.05, 4.69) is 20.8 Å². The molecular weight excluding hydrogens is 196 g/mol. The third-order valence-corrected chi connectivity index (χ3v) is 5.34. The molecule has 2 atom stereocenters. The highest BCUT2D eigenvalue weighted by molar-refractivity contribution is 5.33. The molecule has 0 spiro atoms. The first-order valence-corrected chi connectivity index (χ1v) is 6.89. The van der Waals surface area contributed by atoms with Crippen molar-refractivity contribution in [1.29, 1.82) is 0 Å². The van der Waals surface area contributed by atoms with Gasteiger partial charge in [-0.3, -0.25) is 0 Å². The van der Waals surface area contributed by atoms with Crippen molar-refractivity contribution in [1.82, 2.24) is 0 Å². The Balaban J connectivity index is 2.04. The summed E-state index contributed by atoms with van der Waals surface area (Å²) in [5.41, 5.74) is 4.14. The predicted octanol–water partition coefficient (Wildman–Crippen LogP) is 4.08. The topological polar surface area (TPSA) is 9.23 Å². The fraction of sp³-hybridized carbons (Fsp3) is 0.867. The number of rotatable bonds is 0. The zero-order chi connectivity index (χ0) is 11.4. The summed E-state index contributed by atoms with van der Waals surface area (Å²) >= 11 is 0. The highest BCUT2D eigenvalue weighted by Gasteiger charge is 2.47. The van der Waals surface area contributed by atoms with E-state index in [0.717, 1.165) is 12.5 Å². The molecule has 16 heavy (non-hydrogen) atoms. The van der Waals surface area contributed by atoms with Crippen molar-refractivity contribution in [2.75, 3.05) is 6.61 Å². The fourth-order valence-electron chi connectivity index (χ4n) is 4.35. The zero-order valence-electron chi connectivity index (χ0n) is 10.9. The minimum Gasteiger partial charge on any atom is -0.371 e. The average molecular weight is 220 g/mol. The van der Waals surface area contributed by atoms with Crippen LogP contribution in [0.4, 0.5) is 0 Å². The van der Waals surface area contributed by atoms with Gasteiger partial charge in [-0.05, 0) is 62.4 Å². The maximum absolute atomic E-state index is 6.00. The van der Waals surface area contributed by atoms with Crippen LogP contribution in [0.3, 0.4) is 0 Å². The summed E-state index contributed by atoms with van der Waals surface area (Å²) in [6.07, 6.45) is 7.95. The Hall–Kier alpha value is -0.300. The third-order valence-electron chi connectivity index (χ3n) is 5.34. The molecule has 1 heterocycles. The molecule has 1 saturated carbocycles. The van der Waals surface area contributed by atoms with Crippen molar-refractivity contribution >= 4 is 0 Å². The van der Waals surface area contributed by atoms with Gasteiger partial charge < -0.3 is 4.74 Å². The summed E-state index contributed by atoms with van der Waals surface area (Å²) in [6, 6.07) is 0. The van der Waals surface area contributed by atoms with E-state index in [0.29, 0.717) is 5.41 Å². The van der Waals surface area contributed by atoms with E-state index in [1.54, 1.807) is 11.1 Å². The normalized spacial score (nSPS) is 41.8. The third kappa shape index (κ3) is 1.40. The second kappa shape index (κ2) is 3.35. The molecule has 3 aliphatic rings. The van der Waals surface area contributed by atoms with Crippen LogP contribution in [-0.2, 0) is 4.74 Å². The van der Waals surface area contributed by atoms with Crippen molar-refractivity contribution in [3.8, 4) is 0 Å². The van der Waals surface area contributed by atoms with Crippen molar-refractivity contribution in [3.05, 3.63) is 11.1 Å². The molecule has 1 heteroatoms. The fourth-order valence-corrected chi connectivity index (χ4v) is 4.35. The summed E-state index contributed by atoms with van der Waals surface area (Å²) in [5, 5.41) is 0. The Labute approximate surface area is 99.3 Å². The van der Waals surface area contributed by atoms with Crippen molar-refractivity contribution < 1.29 is 4.74 Å². The molecule has 0 radical (unpaired) electrons. The maximum Gasteiger partial charge on any atom is 0.0867 e. The summed E-state index contributed by atoms with van der Waals surface area (Å²) < 4.78 is 6.00. The van der Waals surface area contributed by atoms with Gasteiger partial charge in [0.2, 0.25) is 0 Å². The quantitative estimate of drug-likeness (QED) is 0.559. The van der Waals surface area contributed by atoms with E-state index in [4.69, 9.17) is 4.74 Å². The largest absolute Gasteiger partial charge is 0.371 e. The second-order valence-corrected chi connectivity index (χ2v) is 6.77. The van der Waals surface area contributed by atoms with Gasteiger partial charge in [-0.2, -0.15) is 0 Å². The number of fused-ring (bicyclic) bond motifs is 2. The second-order valence-electron chi connectivity index (χ2n) is 6.77. The van der Waals surface area contributed by atoms with E-state index in [1.165, 1.54) is 38.5 Å². The smallest absolute Gasteiger partial charge is 0.0867 e. The molecule has 1 nitrogen and oxygen atoms in total. The molecule has 2 aliphatic carbocycles. The SMILES string of the molecule is CC12CCC3C(=C1CCO2)CCCC3(C)C. The van der Waals surface area contributed by atoms with Gasteiger partial charge in [-0.25, -0.2) is 0 Å². The zero-order valence-corrected chi connectivity index (χ0v) is 10.9. The van der Waals surface area contributed by atoms with Crippen LogP contribution in [0.2, 0.25) is 0 Å². The number of ether oxygens (including phenoxy) is 1. The van der Waals surface area contributed by atoms with E-state index >= 15 is 0 Å². The Morgan fingerprint density at radius 1 is 1.12 bits per heavy atom. The van der Waals surface area contributed by atoms with Gasteiger partial charge in [0.05, 0.1) is 12.2 Å². The minimum absolute atomic E-state index is 0.124. The van der Waals surface area contributed by atoms with Crippen LogP contribution >= 0.6 is 0 Å². The molecule has 1 aliphatic heterocycles. The molecule has 0 N–H and O–H groups in total. The molecule has 90 valence electrons. The molecule has 2 fully saturated rings. The van der Waals surface area contributed by atoms with Crippen LogP contribution in [0, 0.1) is 11.3 Å². The van der Waals surface area contributed by atoms with Crippen LogP contribution in [-0.4, -0.2) is 12.2 Å². The molecular formula is C15H24O. The van der Waals surface area contributed by atoms with Crippen molar-refractivity contribution in [3.63, 3.8) is 0 Å². The average Bonchev–Trinajstić information content (AvgIpc) is 2.59. The number of hydrogen-bond donors (Lipinski definition) is 0. The van der Waals surface area contributed by atoms with Gasteiger partial charge in [0.15, 0.2) is 0 Å². The van der Waals surface area contributed by atoms with Gasteiger partial charge >= 0.3 is 0 Å². The van der Waals surface area contributed by atoms with Crippen LogP contribution in [0.1, 0.15) is 59.3 Å². The molecule has 0 amide bonds. The van der Waals surface area contributed by atoms with Gasteiger partial charge in [0, 0.05) is 0 Å². The molecule has 0 bridgehead atoms. The van der Waals surface area contributed by atoms with Gasteiger partial charge in [-0.15, -0.1) is 0 Å². The summed E-state index contributed by atoms with van der Waals surface area (Å²) in [4.78, 5) is 0. The van der Waals surface area contributed by atoms with Gasteiger partial charge in [0.25, 0.3) is 0 Å². The highest BCUT2D eigenvalue weighted by atomic mass is 16.5. The molecule has 0 aromatic rings. The standard InChI is InChI=1S/C15H24O/c1-14(2)8-4-5-11-12(14)6-9-15(3)13(11)7-10-16-15/h12H,4-10H2,1-3H3. The van der Waals surface area contributed by atoms with Crippen molar-refractivity contribution in [2.45, 2.75) is 64.9 Å². The first-order chi connectivity index (χ1) is 7.53. The molecule has 0 aromatic heterocycles. The summed E-state index contributed by atoms with van der Waals surface area (Å²) in [5.74, 6) is 0.853. The van der Waals surface area contributed by atoms with E-state index < -0.39 is 0 Å². The van der Waals surface area contributed by atoms with Gasteiger partial charge in [0.1, 0.15) is 0 Å². The van der Waals surface area contributed by atoms with Crippen LogP contribution < -0.4 is 0 Å². The van der Waals surface area contributed by atoms with Crippen LogP contribution in [0.15, 0.2) is 11.1 Å². The first-order valence-electron chi connectivity index (χ1n) is 6.89. The lowest BCUT2D eigenvalue weighted by molar-refractivity contribution is 0.0118. The Morgan fingerprint density at radius 3 is 2.75 bits per heavy atom. The van der Waals surface area contributed by atoms with Crippen molar-refractivity contribution in [2.24, 2.45) is 11.3 Å². The monoisotopic (exact) mass is 220 g/mol. The van der Waals surface area contributed by atoms with Crippen LogP contribution in [0.25, 0.3) is 0 Å².